The van der Waals surface area contributed by atoms with Crippen LogP contribution < -0.4 is 10.4 Å². The Balaban J connectivity index is 2.03. The Morgan fingerprint density at radius 3 is 2.78 bits per heavy atom. The van der Waals surface area contributed by atoms with E-state index >= 15 is 0 Å². The molecule has 0 aliphatic heterocycles. The monoisotopic (exact) mass is 261 g/mol. The summed E-state index contributed by atoms with van der Waals surface area (Å²) in [7, 11) is -0.168. The Hall–Kier alpha value is -1.55. The second kappa shape index (κ2) is 5.86. The van der Waals surface area contributed by atoms with Crippen molar-refractivity contribution in [1.29, 1.82) is 0 Å². The lowest BCUT2D eigenvalue weighted by Crippen LogP contribution is -2.04. The van der Waals surface area contributed by atoms with Crippen LogP contribution in [0.2, 0.25) is 19.1 Å². The average molecular weight is 261 g/mol. The molecule has 0 amide bonds. The first-order chi connectivity index (χ1) is 8.65. The number of hydrogen-bond acceptors (Lipinski definition) is 3. The molecule has 0 saturated carbocycles. The first-order valence-electron chi connectivity index (χ1n) is 6.11. The van der Waals surface area contributed by atoms with Crippen LogP contribution >= 0.6 is 0 Å². The summed E-state index contributed by atoms with van der Waals surface area (Å²) in [4.78, 5) is 11.1. The van der Waals surface area contributed by atoms with Crippen molar-refractivity contribution >= 4 is 19.8 Å². The standard InChI is InChI=1S/C14H17O3Si/c1-18(2)9-3-8-16-12-6-4-11-5-7-14(15)17-13(11)10-12/h4-7,10H,3,8-9H2,1-2H3. The normalized spacial score (nSPS) is 11.1. The summed E-state index contributed by atoms with van der Waals surface area (Å²) in [5.74, 6) is 0.762. The van der Waals surface area contributed by atoms with Crippen LogP contribution in [0.1, 0.15) is 6.42 Å². The zero-order chi connectivity index (χ0) is 13.0. The Labute approximate surface area is 108 Å². The largest absolute Gasteiger partial charge is 0.493 e. The molecule has 2 rings (SSSR count). The maximum atomic E-state index is 11.1. The third-order valence-corrected chi connectivity index (χ3v) is 4.04. The van der Waals surface area contributed by atoms with E-state index in [0.717, 1.165) is 24.2 Å². The molecule has 0 spiro atoms. The van der Waals surface area contributed by atoms with Gasteiger partial charge in [0.05, 0.1) is 6.61 Å². The lowest BCUT2D eigenvalue weighted by molar-refractivity contribution is 0.317. The highest BCUT2D eigenvalue weighted by atomic mass is 28.3. The van der Waals surface area contributed by atoms with Crippen molar-refractivity contribution in [3.05, 3.63) is 40.8 Å². The van der Waals surface area contributed by atoms with Crippen molar-refractivity contribution in [1.82, 2.24) is 0 Å². The SMILES string of the molecule is C[Si](C)CCCOc1ccc2ccc(=O)oc2c1. The van der Waals surface area contributed by atoms with Gasteiger partial charge in [0.25, 0.3) is 0 Å². The number of hydrogen-bond donors (Lipinski definition) is 0. The second-order valence-corrected chi connectivity index (χ2v) is 7.53. The van der Waals surface area contributed by atoms with Crippen LogP contribution in [-0.2, 0) is 0 Å². The Morgan fingerprint density at radius 2 is 2.00 bits per heavy atom. The molecule has 4 heteroatoms. The Kier molecular flexibility index (Phi) is 4.20. The van der Waals surface area contributed by atoms with E-state index in [4.69, 9.17) is 9.15 Å². The summed E-state index contributed by atoms with van der Waals surface area (Å²) in [6.45, 7) is 5.32. The summed E-state index contributed by atoms with van der Waals surface area (Å²) in [6, 6.07) is 10.0. The molecule has 1 aromatic heterocycles. The molecule has 0 aliphatic carbocycles. The molecule has 0 bridgehead atoms. The zero-order valence-corrected chi connectivity index (χ0v) is 11.7. The fraction of sp³-hybridized carbons (Fsp3) is 0.357. The number of fused-ring (bicyclic) bond motifs is 1. The van der Waals surface area contributed by atoms with Gasteiger partial charge in [0.15, 0.2) is 0 Å². The van der Waals surface area contributed by atoms with E-state index in [9.17, 15) is 4.79 Å². The van der Waals surface area contributed by atoms with Crippen molar-refractivity contribution in [2.75, 3.05) is 6.61 Å². The third-order valence-electron chi connectivity index (χ3n) is 2.68. The fourth-order valence-corrected chi connectivity index (χ4v) is 2.60. The van der Waals surface area contributed by atoms with Crippen LogP contribution in [0.25, 0.3) is 11.0 Å². The second-order valence-electron chi connectivity index (χ2n) is 4.61. The van der Waals surface area contributed by atoms with Gasteiger partial charge in [-0.05, 0) is 24.6 Å². The third kappa shape index (κ3) is 3.47. The van der Waals surface area contributed by atoms with Gasteiger partial charge in [-0.3, -0.25) is 0 Å². The summed E-state index contributed by atoms with van der Waals surface area (Å²) >= 11 is 0. The van der Waals surface area contributed by atoms with Crippen LogP contribution in [0.5, 0.6) is 5.75 Å². The Bertz CT molecular complexity index is 575. The van der Waals surface area contributed by atoms with E-state index in [0.29, 0.717) is 5.58 Å². The number of rotatable bonds is 5. The van der Waals surface area contributed by atoms with Gasteiger partial charge in [-0.1, -0.05) is 19.1 Å². The molecule has 0 unspecified atom stereocenters. The van der Waals surface area contributed by atoms with Gasteiger partial charge in [-0.25, -0.2) is 4.79 Å². The van der Waals surface area contributed by atoms with Crippen molar-refractivity contribution in [3.63, 3.8) is 0 Å². The molecule has 95 valence electrons. The van der Waals surface area contributed by atoms with Crippen molar-refractivity contribution in [2.24, 2.45) is 0 Å². The van der Waals surface area contributed by atoms with Gasteiger partial charge in [0.1, 0.15) is 11.3 Å². The summed E-state index contributed by atoms with van der Waals surface area (Å²) in [5, 5.41) is 0.912. The fourth-order valence-electron chi connectivity index (χ4n) is 1.75. The van der Waals surface area contributed by atoms with Gasteiger partial charge in [0.2, 0.25) is 0 Å². The summed E-state index contributed by atoms with van der Waals surface area (Å²) in [6.07, 6.45) is 1.08. The highest BCUT2D eigenvalue weighted by Crippen LogP contribution is 2.19. The highest BCUT2D eigenvalue weighted by Gasteiger charge is 2.01. The van der Waals surface area contributed by atoms with E-state index < -0.39 is 0 Å². The molecule has 0 aliphatic rings. The Morgan fingerprint density at radius 1 is 1.22 bits per heavy atom. The minimum Gasteiger partial charge on any atom is -0.493 e. The predicted octanol–water partition coefficient (Wildman–Crippen LogP) is 3.32. The zero-order valence-electron chi connectivity index (χ0n) is 10.7. The molecule has 18 heavy (non-hydrogen) atoms. The minimum atomic E-state index is -0.330. The van der Waals surface area contributed by atoms with Crippen molar-refractivity contribution < 1.29 is 9.15 Å². The molecular formula is C14H17O3Si. The molecule has 2 aromatic rings. The van der Waals surface area contributed by atoms with E-state index in [-0.39, 0.29) is 14.4 Å². The van der Waals surface area contributed by atoms with E-state index in [1.165, 1.54) is 12.1 Å². The van der Waals surface area contributed by atoms with Crippen LogP contribution in [0.3, 0.4) is 0 Å². The molecular weight excluding hydrogens is 244 g/mol. The van der Waals surface area contributed by atoms with Crippen LogP contribution in [-0.4, -0.2) is 15.4 Å². The first-order valence-corrected chi connectivity index (χ1v) is 8.81. The molecule has 0 N–H and O–H groups in total. The summed E-state index contributed by atoms with van der Waals surface area (Å²) in [5.41, 5.74) is 0.250. The average Bonchev–Trinajstić information content (AvgIpc) is 2.34. The molecule has 1 radical (unpaired) electrons. The molecule has 1 aromatic carbocycles. The van der Waals surface area contributed by atoms with Gasteiger partial charge in [0, 0.05) is 26.3 Å². The number of ether oxygens (including phenoxy) is 1. The van der Waals surface area contributed by atoms with Crippen LogP contribution in [0.4, 0.5) is 0 Å². The van der Waals surface area contributed by atoms with Gasteiger partial charge >= 0.3 is 5.63 Å². The van der Waals surface area contributed by atoms with Gasteiger partial charge in [-0.15, -0.1) is 0 Å². The van der Waals surface area contributed by atoms with Crippen LogP contribution in [0, 0.1) is 0 Å². The van der Waals surface area contributed by atoms with E-state index in [2.05, 4.69) is 13.1 Å². The smallest absolute Gasteiger partial charge is 0.336 e. The molecule has 0 atom stereocenters. The predicted molar refractivity (Wildman–Crippen MR) is 74.9 cm³/mol. The van der Waals surface area contributed by atoms with Gasteiger partial charge < -0.3 is 9.15 Å². The van der Waals surface area contributed by atoms with Crippen molar-refractivity contribution in [2.45, 2.75) is 25.6 Å². The van der Waals surface area contributed by atoms with E-state index in [1.54, 1.807) is 12.1 Å². The molecule has 0 fully saturated rings. The van der Waals surface area contributed by atoms with Gasteiger partial charge in [-0.2, -0.15) is 0 Å². The maximum Gasteiger partial charge on any atom is 0.336 e. The topological polar surface area (TPSA) is 39.4 Å². The van der Waals surface area contributed by atoms with Crippen molar-refractivity contribution in [3.8, 4) is 5.75 Å². The quantitative estimate of drug-likeness (QED) is 0.471. The number of benzene rings is 1. The maximum absolute atomic E-state index is 11.1. The van der Waals surface area contributed by atoms with E-state index in [1.807, 2.05) is 12.1 Å². The summed E-state index contributed by atoms with van der Waals surface area (Å²) < 4.78 is 10.8. The lowest BCUT2D eigenvalue weighted by Gasteiger charge is -2.07. The first kappa shape index (κ1) is 12.9. The van der Waals surface area contributed by atoms with Crippen LogP contribution in [0.15, 0.2) is 39.5 Å². The lowest BCUT2D eigenvalue weighted by atomic mass is 10.2. The molecule has 0 saturated heterocycles. The highest BCUT2D eigenvalue weighted by molar-refractivity contribution is 6.55. The minimum absolute atomic E-state index is 0.168. The molecule has 3 nitrogen and oxygen atoms in total. The molecule has 1 heterocycles.